The molecule has 8 heteroatoms. The maximum absolute atomic E-state index is 6.06. The number of benzene rings is 8. The minimum absolute atomic E-state index is 0.444. The lowest BCUT2D eigenvalue weighted by Crippen LogP contribution is -2.27. The first-order valence-electron chi connectivity index (χ1n) is 22.2. The van der Waals surface area contributed by atoms with Crippen molar-refractivity contribution >= 4 is 88.9 Å². The number of ether oxygens (including phenoxy) is 8. The Kier molecular flexibility index (Phi) is 13.6. The Morgan fingerprint density at radius 1 is 0.194 bits per heavy atom. The van der Waals surface area contributed by atoms with Gasteiger partial charge in [-0.2, -0.15) is 0 Å². The Balaban J connectivity index is 1.73. The molecule has 0 spiro atoms. The third-order valence-electron chi connectivity index (χ3n) is 11.9. The fraction of sp³-hybridized carbons (Fsp3) is 0.125. The van der Waals surface area contributed by atoms with Crippen LogP contribution >= 0.6 is 0 Å². The summed E-state index contributed by atoms with van der Waals surface area (Å²) in [6.07, 6.45) is 0. The molecule has 0 saturated heterocycles. The molecule has 1 aliphatic rings. The van der Waals surface area contributed by atoms with Crippen molar-refractivity contribution in [2.24, 2.45) is 0 Å². The lowest BCUT2D eigenvalue weighted by atomic mass is 10.0. The molecular formula is C64H40O8. The van der Waals surface area contributed by atoms with Crippen molar-refractivity contribution in [2.75, 3.05) is 56.9 Å². The molecule has 0 atom stereocenters. The predicted octanol–water partition coefficient (Wildman–Crippen LogP) is 5.98. The minimum Gasteiger partial charge on any atom is -0.495 e. The zero-order valence-corrected chi connectivity index (χ0v) is 40.5. The van der Waals surface area contributed by atoms with E-state index in [9.17, 15) is 0 Å². The smallest absolute Gasteiger partial charge is 0.143 e. The second-order valence-electron chi connectivity index (χ2n) is 15.4. The second-order valence-corrected chi connectivity index (χ2v) is 15.4. The summed E-state index contributed by atoms with van der Waals surface area (Å²) in [7, 11) is 12.7. The highest BCUT2D eigenvalue weighted by atomic mass is 16.5. The number of hydrogen-bond acceptors (Lipinski definition) is 8. The molecule has 344 valence electrons. The monoisotopic (exact) mass is 936 g/mol. The van der Waals surface area contributed by atoms with Crippen LogP contribution in [0.15, 0.2) is 143 Å². The average molecular weight is 937 g/mol. The van der Waals surface area contributed by atoms with Crippen LogP contribution in [0.5, 0.6) is 46.0 Å². The van der Waals surface area contributed by atoms with Gasteiger partial charge in [0.25, 0.3) is 0 Å². The van der Waals surface area contributed by atoms with Gasteiger partial charge in [0.2, 0.25) is 0 Å². The Bertz CT molecular complexity index is 3850. The van der Waals surface area contributed by atoms with Gasteiger partial charge in [-0.1, -0.05) is 97.1 Å². The lowest BCUT2D eigenvalue weighted by Gasteiger charge is -2.10. The predicted molar refractivity (Wildman–Crippen MR) is 281 cm³/mol. The van der Waals surface area contributed by atoms with E-state index in [1.807, 2.05) is 97.1 Å². The molecule has 0 bridgehead atoms. The van der Waals surface area contributed by atoms with Crippen molar-refractivity contribution in [1.29, 1.82) is 0 Å². The molecule has 8 aromatic rings. The van der Waals surface area contributed by atoms with E-state index >= 15 is 0 Å². The normalized spacial score (nSPS) is 10.8. The molecule has 9 rings (SSSR count). The van der Waals surface area contributed by atoms with Gasteiger partial charge in [-0.15, -0.1) is 0 Å². The van der Waals surface area contributed by atoms with Crippen LogP contribution in [-0.4, -0.2) is 56.9 Å². The van der Waals surface area contributed by atoms with Gasteiger partial charge in [0.15, 0.2) is 0 Å². The molecule has 0 saturated carbocycles. The molecule has 0 unspecified atom stereocenters. The molecule has 8 aromatic carbocycles. The highest BCUT2D eigenvalue weighted by molar-refractivity contribution is 5.97. The van der Waals surface area contributed by atoms with E-state index in [-0.39, 0.29) is 0 Å². The summed E-state index contributed by atoms with van der Waals surface area (Å²) < 4.78 is 48.5. The molecule has 0 heterocycles. The van der Waals surface area contributed by atoms with Crippen molar-refractivity contribution in [3.8, 4) is 46.0 Å². The third kappa shape index (κ3) is 8.27. The molecule has 0 radical (unpaired) electrons. The summed E-state index contributed by atoms with van der Waals surface area (Å²) in [6, 6.07) is 30.8. The molecule has 0 N–H and O–H groups in total. The van der Waals surface area contributed by atoms with Crippen LogP contribution in [0.1, 0.15) is 0 Å². The summed E-state index contributed by atoms with van der Waals surface area (Å²) in [4.78, 5) is 0. The van der Waals surface area contributed by atoms with Crippen molar-refractivity contribution in [1.82, 2.24) is 0 Å². The molecule has 1 aliphatic carbocycles. The Hall–Kier alpha value is -10.3. The van der Waals surface area contributed by atoms with E-state index in [1.165, 1.54) is 0 Å². The summed E-state index contributed by atoms with van der Waals surface area (Å²) in [6.45, 7) is 0. The first-order chi connectivity index (χ1) is 35.5. The van der Waals surface area contributed by atoms with Crippen LogP contribution < -0.4 is 79.6 Å². The van der Waals surface area contributed by atoms with Crippen LogP contribution in [0.2, 0.25) is 0 Å². The first kappa shape index (κ1) is 46.8. The molecule has 8 nitrogen and oxygen atoms in total. The van der Waals surface area contributed by atoms with E-state index < -0.39 is 0 Å². The summed E-state index contributed by atoms with van der Waals surface area (Å²) in [5.74, 6) is 3.87. The molecule has 72 heavy (non-hydrogen) atoms. The fourth-order valence-corrected chi connectivity index (χ4v) is 8.90. The molecule has 0 fully saturated rings. The van der Waals surface area contributed by atoms with Crippen LogP contribution in [0.25, 0.3) is 88.9 Å². The van der Waals surface area contributed by atoms with Crippen molar-refractivity contribution in [3.05, 3.63) is 185 Å². The Labute approximate surface area is 412 Å². The standard InChI is InChI=1S/C64H40O8/c1-65-57-41-25-9-10-26-42(41)58(66-2)50-34-19-20-36-52-54(62(70-6)46-30-14-13-29-45(46)60(52)68-4)38-23-24-40-56-55(63(71-7)47-31-15-16-32-48(47)64(56)72-8)39-22-21-37-53-51(35-18-17-33-49(50)57)59(67-3)43-27-11-12-28-44(43)61(53)69-5/h9-16,25-32H,1-8H3. The van der Waals surface area contributed by atoms with Gasteiger partial charge in [-0.25, -0.2) is 0 Å². The average Bonchev–Trinajstić information content (AvgIpc) is 3.42. The maximum Gasteiger partial charge on any atom is 0.143 e. The van der Waals surface area contributed by atoms with E-state index in [2.05, 4.69) is 91.7 Å². The van der Waals surface area contributed by atoms with E-state index in [4.69, 9.17) is 37.9 Å². The van der Waals surface area contributed by atoms with Crippen LogP contribution in [0, 0.1) is 0 Å². The number of methoxy groups -OCH3 is 8. The van der Waals surface area contributed by atoms with Gasteiger partial charge >= 0.3 is 0 Å². The highest BCUT2D eigenvalue weighted by Crippen LogP contribution is 2.30. The topological polar surface area (TPSA) is 73.8 Å². The molecule has 0 aliphatic heterocycles. The second kappa shape index (κ2) is 20.9. The van der Waals surface area contributed by atoms with E-state index in [0.29, 0.717) is 87.7 Å². The van der Waals surface area contributed by atoms with Gasteiger partial charge in [0.05, 0.1) is 98.6 Å². The number of fused-ring (bicyclic) bond motifs is 8. The Morgan fingerprint density at radius 2 is 0.306 bits per heavy atom. The van der Waals surface area contributed by atoms with Crippen LogP contribution in [0.4, 0.5) is 0 Å². The fourth-order valence-electron chi connectivity index (χ4n) is 8.90. The van der Waals surface area contributed by atoms with Crippen LogP contribution in [0.3, 0.4) is 0 Å². The first-order valence-corrected chi connectivity index (χ1v) is 22.2. The van der Waals surface area contributed by atoms with Gasteiger partial charge in [0.1, 0.15) is 46.0 Å². The van der Waals surface area contributed by atoms with Gasteiger partial charge in [-0.3, -0.25) is 0 Å². The Morgan fingerprint density at radius 3 is 0.403 bits per heavy atom. The zero-order valence-electron chi connectivity index (χ0n) is 40.5. The number of hydrogen-bond donors (Lipinski definition) is 0. The lowest BCUT2D eigenvalue weighted by molar-refractivity contribution is 0.405. The van der Waals surface area contributed by atoms with Crippen molar-refractivity contribution in [3.63, 3.8) is 0 Å². The van der Waals surface area contributed by atoms with Gasteiger partial charge in [0, 0.05) is 43.1 Å². The molecular weight excluding hydrogens is 897 g/mol. The quantitative estimate of drug-likeness (QED) is 0.173. The summed E-state index contributed by atoms with van der Waals surface area (Å²) in [5.41, 5.74) is 50.4. The zero-order chi connectivity index (χ0) is 50.1. The third-order valence-corrected chi connectivity index (χ3v) is 11.9. The van der Waals surface area contributed by atoms with Crippen LogP contribution in [-0.2, 0) is 0 Å². The van der Waals surface area contributed by atoms with Crippen molar-refractivity contribution < 1.29 is 37.9 Å². The van der Waals surface area contributed by atoms with E-state index in [1.54, 1.807) is 56.9 Å². The van der Waals surface area contributed by atoms with E-state index in [0.717, 1.165) is 43.1 Å². The summed E-state index contributed by atoms with van der Waals surface area (Å²) >= 11 is 0. The molecule has 0 amide bonds. The highest BCUT2D eigenvalue weighted by Gasteiger charge is 2.16. The SMILES string of the molecule is COc1c2c(c(OC)c3ccccc13)=C=C=C=C=c1c(OC)c3ccccc3c(OC)c1=C=C=C=C=c1c(OC)c3ccccc3c(OC)c1=C=C=C=C=c1c(OC)c3ccccc3c(OC)c1=C=C=C=C=2. The number of rotatable bonds is 8. The molecule has 0 aromatic heterocycles. The maximum atomic E-state index is 6.06. The van der Waals surface area contributed by atoms with Gasteiger partial charge in [-0.05, 0) is 91.7 Å². The minimum atomic E-state index is 0.444. The van der Waals surface area contributed by atoms with Gasteiger partial charge < -0.3 is 37.9 Å². The largest absolute Gasteiger partial charge is 0.495 e. The van der Waals surface area contributed by atoms with Crippen molar-refractivity contribution in [2.45, 2.75) is 0 Å². The summed E-state index contributed by atoms with van der Waals surface area (Å²) in [5, 5.41) is 9.70.